The summed E-state index contributed by atoms with van der Waals surface area (Å²) in [5, 5.41) is 10.8. The zero-order valence-corrected chi connectivity index (χ0v) is 13.8. The highest BCUT2D eigenvalue weighted by Gasteiger charge is 1.99. The van der Waals surface area contributed by atoms with Gasteiger partial charge in [-0.2, -0.15) is 0 Å². The van der Waals surface area contributed by atoms with Crippen LogP contribution >= 0.6 is 0 Å². The number of carbonyl (C=O) groups is 1. The summed E-state index contributed by atoms with van der Waals surface area (Å²) in [5.41, 5.74) is 2.92. The Balaban J connectivity index is 2.87. The predicted octanol–water partition coefficient (Wildman–Crippen LogP) is 4.39. The van der Waals surface area contributed by atoms with Gasteiger partial charge in [-0.05, 0) is 35.6 Å². The summed E-state index contributed by atoms with van der Waals surface area (Å²) in [6.07, 6.45) is 15.3. The second-order valence-electron chi connectivity index (χ2n) is 5.65. The minimum absolute atomic E-state index is 0.0353. The van der Waals surface area contributed by atoms with Crippen molar-refractivity contribution in [3.05, 3.63) is 47.0 Å². The van der Waals surface area contributed by atoms with Gasteiger partial charge in [-0.15, -0.1) is 0 Å². The van der Waals surface area contributed by atoms with Crippen molar-refractivity contribution in [2.24, 2.45) is 0 Å². The van der Waals surface area contributed by atoms with Crippen molar-refractivity contribution in [1.29, 1.82) is 0 Å². The lowest BCUT2D eigenvalue weighted by Gasteiger charge is -2.06. The van der Waals surface area contributed by atoms with E-state index >= 15 is 0 Å². The Morgan fingerprint density at radius 1 is 0.955 bits per heavy atom. The van der Waals surface area contributed by atoms with Crippen LogP contribution in [-0.2, 0) is 11.2 Å². The monoisotopic (exact) mass is 299 g/mol. The number of hydrogen-bond donors (Lipinski definition) is 0. The van der Waals surface area contributed by atoms with Crippen LogP contribution in [0.3, 0.4) is 0 Å². The maximum Gasteiger partial charge on any atom is 0.0458 e. The molecule has 22 heavy (non-hydrogen) atoms. The molecule has 0 amide bonds. The SMILES string of the molecule is CCCC/C=C/c1cc(/C=C/CCCC)cc(CC(=O)[O-])c1. The van der Waals surface area contributed by atoms with Gasteiger partial charge in [-0.25, -0.2) is 0 Å². The van der Waals surface area contributed by atoms with Crippen molar-refractivity contribution in [1.82, 2.24) is 0 Å². The molecule has 0 radical (unpaired) electrons. The largest absolute Gasteiger partial charge is 0.550 e. The summed E-state index contributed by atoms with van der Waals surface area (Å²) in [6.45, 7) is 4.35. The molecule has 0 heterocycles. The number of carboxylic acids is 1. The molecule has 0 atom stereocenters. The third-order valence-corrected chi connectivity index (χ3v) is 3.46. The molecule has 0 N–H and O–H groups in total. The highest BCUT2D eigenvalue weighted by atomic mass is 16.4. The summed E-state index contributed by atoms with van der Waals surface area (Å²) in [4.78, 5) is 10.8. The number of unbranched alkanes of at least 4 members (excludes halogenated alkanes) is 4. The molecule has 2 nitrogen and oxygen atoms in total. The van der Waals surface area contributed by atoms with Gasteiger partial charge < -0.3 is 9.90 Å². The Hall–Kier alpha value is -1.83. The van der Waals surface area contributed by atoms with Gasteiger partial charge in [-0.3, -0.25) is 0 Å². The van der Waals surface area contributed by atoms with Crippen LogP contribution in [0.4, 0.5) is 0 Å². The molecule has 0 aliphatic heterocycles. The van der Waals surface area contributed by atoms with E-state index in [-0.39, 0.29) is 6.42 Å². The van der Waals surface area contributed by atoms with E-state index in [1.54, 1.807) is 0 Å². The standard InChI is InChI=1S/C20H28O2/c1-3-5-7-9-11-17-13-18(12-10-8-6-4-2)15-19(14-17)16-20(21)22/h9-15H,3-8,16H2,1-2H3,(H,21,22)/p-1/b11-9+,12-10+. The fraction of sp³-hybridized carbons (Fsp3) is 0.450. The smallest absolute Gasteiger partial charge is 0.0458 e. The number of carboxylic acid groups (broad SMARTS) is 1. The topological polar surface area (TPSA) is 40.1 Å². The predicted molar refractivity (Wildman–Crippen MR) is 92.3 cm³/mol. The Bertz CT molecular complexity index is 476. The third kappa shape index (κ3) is 7.82. The normalized spacial score (nSPS) is 11.5. The number of allylic oxidation sites excluding steroid dienone is 2. The Kier molecular flexibility index (Phi) is 8.97. The van der Waals surface area contributed by atoms with Crippen LogP contribution in [0.15, 0.2) is 30.4 Å². The number of benzene rings is 1. The minimum atomic E-state index is -1.03. The van der Waals surface area contributed by atoms with Crippen molar-refractivity contribution in [3.63, 3.8) is 0 Å². The number of carbonyl (C=O) groups excluding carboxylic acids is 1. The molecule has 0 spiro atoms. The molecule has 0 saturated heterocycles. The molecule has 1 aromatic rings. The van der Waals surface area contributed by atoms with Crippen LogP contribution < -0.4 is 5.11 Å². The fourth-order valence-corrected chi connectivity index (χ4v) is 2.29. The first-order valence-electron chi connectivity index (χ1n) is 8.32. The lowest BCUT2D eigenvalue weighted by molar-refractivity contribution is -0.304. The molecule has 0 unspecified atom stereocenters. The van der Waals surface area contributed by atoms with Crippen LogP contribution in [0.25, 0.3) is 12.2 Å². The van der Waals surface area contributed by atoms with Gasteiger partial charge in [0.05, 0.1) is 0 Å². The lowest BCUT2D eigenvalue weighted by atomic mass is 10.0. The van der Waals surface area contributed by atoms with E-state index in [0.29, 0.717) is 0 Å². The van der Waals surface area contributed by atoms with Crippen molar-refractivity contribution in [2.75, 3.05) is 0 Å². The zero-order valence-electron chi connectivity index (χ0n) is 13.8. The van der Waals surface area contributed by atoms with Crippen molar-refractivity contribution < 1.29 is 9.90 Å². The third-order valence-electron chi connectivity index (χ3n) is 3.46. The zero-order chi connectivity index (χ0) is 16.2. The van der Waals surface area contributed by atoms with Gasteiger partial charge >= 0.3 is 0 Å². The minimum Gasteiger partial charge on any atom is -0.550 e. The summed E-state index contributed by atoms with van der Waals surface area (Å²) in [6, 6.07) is 5.97. The van der Waals surface area contributed by atoms with Crippen LogP contribution in [0.5, 0.6) is 0 Å². The van der Waals surface area contributed by atoms with E-state index < -0.39 is 5.97 Å². The molecule has 0 fully saturated rings. The second-order valence-corrected chi connectivity index (χ2v) is 5.65. The van der Waals surface area contributed by atoms with E-state index in [1.807, 2.05) is 12.1 Å². The molecular weight excluding hydrogens is 272 g/mol. The van der Waals surface area contributed by atoms with E-state index in [0.717, 1.165) is 29.5 Å². The molecule has 0 aliphatic rings. The van der Waals surface area contributed by atoms with Crippen molar-refractivity contribution in [2.45, 2.75) is 58.8 Å². The van der Waals surface area contributed by atoms with Crippen molar-refractivity contribution >= 4 is 18.1 Å². The van der Waals surface area contributed by atoms with E-state index in [1.165, 1.54) is 25.7 Å². The summed E-state index contributed by atoms with van der Waals surface area (Å²) in [7, 11) is 0. The highest BCUT2D eigenvalue weighted by Crippen LogP contribution is 2.15. The molecule has 1 rings (SSSR count). The van der Waals surface area contributed by atoms with Gasteiger partial charge in [0.2, 0.25) is 0 Å². The first-order chi connectivity index (χ1) is 10.7. The maximum absolute atomic E-state index is 10.8. The molecule has 0 aromatic heterocycles. The van der Waals surface area contributed by atoms with Crippen LogP contribution in [-0.4, -0.2) is 5.97 Å². The Labute approximate surface area is 134 Å². The van der Waals surface area contributed by atoms with Gasteiger partial charge in [0, 0.05) is 12.4 Å². The quantitative estimate of drug-likeness (QED) is 0.601. The Morgan fingerprint density at radius 2 is 1.45 bits per heavy atom. The van der Waals surface area contributed by atoms with Gasteiger partial charge in [0.1, 0.15) is 0 Å². The molecule has 2 heteroatoms. The summed E-state index contributed by atoms with van der Waals surface area (Å²) >= 11 is 0. The number of aliphatic carboxylic acids is 1. The maximum atomic E-state index is 10.8. The second kappa shape index (κ2) is 10.8. The van der Waals surface area contributed by atoms with Gasteiger partial charge in [-0.1, -0.05) is 76.0 Å². The molecule has 1 aromatic carbocycles. The number of hydrogen-bond acceptors (Lipinski definition) is 2. The Morgan fingerprint density at radius 3 is 1.86 bits per heavy atom. The molecule has 0 bridgehead atoms. The van der Waals surface area contributed by atoms with Crippen molar-refractivity contribution in [3.8, 4) is 0 Å². The average Bonchev–Trinajstić information content (AvgIpc) is 2.47. The van der Waals surface area contributed by atoms with E-state index in [2.05, 4.69) is 44.2 Å². The first-order valence-corrected chi connectivity index (χ1v) is 8.32. The summed E-state index contributed by atoms with van der Waals surface area (Å²) < 4.78 is 0. The molecule has 120 valence electrons. The average molecular weight is 299 g/mol. The lowest BCUT2D eigenvalue weighted by Crippen LogP contribution is -2.24. The van der Waals surface area contributed by atoms with Gasteiger partial charge in [0.15, 0.2) is 0 Å². The molecule has 0 saturated carbocycles. The van der Waals surface area contributed by atoms with Crippen LogP contribution in [0.2, 0.25) is 0 Å². The van der Waals surface area contributed by atoms with E-state index in [4.69, 9.17) is 0 Å². The molecular formula is C20H27O2-. The summed E-state index contributed by atoms with van der Waals surface area (Å²) in [5.74, 6) is -1.03. The van der Waals surface area contributed by atoms with Gasteiger partial charge in [0.25, 0.3) is 0 Å². The highest BCUT2D eigenvalue weighted by molar-refractivity contribution is 5.70. The molecule has 0 aliphatic carbocycles. The van der Waals surface area contributed by atoms with Crippen LogP contribution in [0, 0.1) is 0 Å². The van der Waals surface area contributed by atoms with Crippen LogP contribution in [0.1, 0.15) is 69.1 Å². The fourth-order valence-electron chi connectivity index (χ4n) is 2.29. The number of rotatable bonds is 10. The first kappa shape index (κ1) is 18.2. The van der Waals surface area contributed by atoms with E-state index in [9.17, 15) is 9.90 Å².